The molecule has 2 amide bonds. The van der Waals surface area contributed by atoms with Crippen molar-refractivity contribution in [3.63, 3.8) is 0 Å². The number of carbonyl (C=O) groups excluding carboxylic acids is 1. The van der Waals surface area contributed by atoms with Crippen molar-refractivity contribution in [2.24, 2.45) is 0 Å². The Bertz CT molecular complexity index is 454. The van der Waals surface area contributed by atoms with Gasteiger partial charge >= 0.3 is 6.03 Å². The first kappa shape index (κ1) is 16.4. The zero-order valence-corrected chi connectivity index (χ0v) is 12.5. The Hall–Kier alpha value is -1.66. The Labute approximate surface area is 123 Å². The number of hydrogen-bond acceptors (Lipinski definition) is 4. The molecule has 0 fully saturated rings. The molecule has 0 aliphatic rings. The Kier molecular flexibility index (Phi) is 6.97. The van der Waals surface area contributed by atoms with Crippen LogP contribution in [0.15, 0.2) is 12.1 Å². The van der Waals surface area contributed by atoms with Crippen molar-refractivity contribution < 1.29 is 19.0 Å². The molecule has 0 aliphatic carbocycles. The number of anilines is 1. The summed E-state index contributed by atoms with van der Waals surface area (Å²) in [4.78, 5) is 11.7. The highest BCUT2D eigenvalue weighted by atomic mass is 35.5. The van der Waals surface area contributed by atoms with Gasteiger partial charge in [0.25, 0.3) is 0 Å². The van der Waals surface area contributed by atoms with Crippen molar-refractivity contribution >= 4 is 23.3 Å². The molecule has 1 rings (SSSR count). The molecule has 0 spiro atoms. The summed E-state index contributed by atoms with van der Waals surface area (Å²) in [7, 11) is 4.65. The minimum absolute atomic E-state index is 0.338. The van der Waals surface area contributed by atoms with Gasteiger partial charge in [-0.05, 0) is 6.42 Å². The fourth-order valence-corrected chi connectivity index (χ4v) is 1.74. The molecule has 112 valence electrons. The second-order valence-corrected chi connectivity index (χ2v) is 4.32. The molecule has 0 bridgehead atoms. The molecule has 2 N–H and O–H groups in total. The second kappa shape index (κ2) is 8.50. The molecule has 0 saturated heterocycles. The van der Waals surface area contributed by atoms with Gasteiger partial charge in [-0.25, -0.2) is 4.79 Å². The van der Waals surface area contributed by atoms with Crippen LogP contribution in [-0.2, 0) is 4.74 Å². The van der Waals surface area contributed by atoms with Crippen LogP contribution in [0.2, 0.25) is 5.02 Å². The number of nitrogens with one attached hydrogen (secondary N) is 2. The number of urea groups is 1. The Morgan fingerprint density at radius 1 is 1.20 bits per heavy atom. The molecule has 0 atom stereocenters. The summed E-state index contributed by atoms with van der Waals surface area (Å²) >= 11 is 6.07. The number of rotatable bonds is 7. The van der Waals surface area contributed by atoms with Crippen molar-refractivity contribution in [2.45, 2.75) is 6.42 Å². The monoisotopic (exact) mass is 302 g/mol. The maximum absolute atomic E-state index is 11.7. The average molecular weight is 303 g/mol. The van der Waals surface area contributed by atoms with Crippen molar-refractivity contribution in [1.29, 1.82) is 0 Å². The summed E-state index contributed by atoms with van der Waals surface area (Å²) in [5.74, 6) is 0.995. The maximum Gasteiger partial charge on any atom is 0.319 e. The highest BCUT2D eigenvalue weighted by Gasteiger charge is 2.11. The van der Waals surface area contributed by atoms with Crippen LogP contribution >= 0.6 is 11.6 Å². The molecule has 0 heterocycles. The molecule has 0 radical (unpaired) electrons. The highest BCUT2D eigenvalue weighted by Crippen LogP contribution is 2.35. The van der Waals surface area contributed by atoms with E-state index in [1.165, 1.54) is 14.2 Å². The van der Waals surface area contributed by atoms with Gasteiger partial charge in [0.05, 0.1) is 24.9 Å². The number of amides is 2. The van der Waals surface area contributed by atoms with E-state index in [1.807, 2.05) is 0 Å². The SMILES string of the molecule is COCCCNC(=O)Nc1cc(OC)c(OC)cc1Cl. The summed E-state index contributed by atoms with van der Waals surface area (Å²) in [6.07, 6.45) is 0.740. The lowest BCUT2D eigenvalue weighted by Crippen LogP contribution is -2.30. The van der Waals surface area contributed by atoms with Crippen LogP contribution in [0.25, 0.3) is 0 Å². The highest BCUT2D eigenvalue weighted by molar-refractivity contribution is 6.34. The third kappa shape index (κ3) is 4.79. The van der Waals surface area contributed by atoms with E-state index < -0.39 is 0 Å². The minimum atomic E-state index is -0.338. The van der Waals surface area contributed by atoms with Gasteiger partial charge in [0, 0.05) is 32.4 Å². The van der Waals surface area contributed by atoms with E-state index in [0.29, 0.717) is 35.4 Å². The second-order valence-electron chi connectivity index (χ2n) is 3.91. The first-order valence-corrected chi connectivity index (χ1v) is 6.45. The quantitative estimate of drug-likeness (QED) is 0.759. The van der Waals surface area contributed by atoms with Crippen LogP contribution in [-0.4, -0.2) is 40.5 Å². The van der Waals surface area contributed by atoms with E-state index in [9.17, 15) is 4.79 Å². The fraction of sp³-hybridized carbons (Fsp3) is 0.462. The molecule has 20 heavy (non-hydrogen) atoms. The standard InChI is InChI=1S/C13H19ClN2O4/c1-18-6-4-5-15-13(17)16-10-8-12(20-3)11(19-2)7-9(10)14/h7-8H,4-6H2,1-3H3,(H2,15,16,17). The van der Waals surface area contributed by atoms with Crippen LogP contribution in [0.5, 0.6) is 11.5 Å². The van der Waals surface area contributed by atoms with E-state index in [2.05, 4.69) is 10.6 Å². The lowest BCUT2D eigenvalue weighted by Gasteiger charge is -2.13. The molecule has 7 heteroatoms. The third-order valence-corrected chi connectivity index (χ3v) is 2.84. The van der Waals surface area contributed by atoms with Crippen molar-refractivity contribution in [3.8, 4) is 11.5 Å². The van der Waals surface area contributed by atoms with Crippen LogP contribution in [0.3, 0.4) is 0 Å². The van der Waals surface area contributed by atoms with E-state index in [4.69, 9.17) is 25.8 Å². The van der Waals surface area contributed by atoms with Gasteiger partial charge in [0.15, 0.2) is 11.5 Å². The molecule has 0 aromatic heterocycles. The lowest BCUT2D eigenvalue weighted by molar-refractivity contribution is 0.194. The van der Waals surface area contributed by atoms with Gasteiger partial charge in [-0.2, -0.15) is 0 Å². The van der Waals surface area contributed by atoms with Crippen LogP contribution < -0.4 is 20.1 Å². The molecule has 0 saturated carbocycles. The predicted molar refractivity (Wildman–Crippen MR) is 78.1 cm³/mol. The minimum Gasteiger partial charge on any atom is -0.493 e. The smallest absolute Gasteiger partial charge is 0.319 e. The molecule has 6 nitrogen and oxygen atoms in total. The van der Waals surface area contributed by atoms with Crippen LogP contribution in [0, 0.1) is 0 Å². The predicted octanol–water partition coefficient (Wildman–Crippen LogP) is 2.52. The first-order valence-electron chi connectivity index (χ1n) is 6.07. The Balaban J connectivity index is 2.65. The largest absolute Gasteiger partial charge is 0.493 e. The number of benzene rings is 1. The van der Waals surface area contributed by atoms with Crippen molar-refractivity contribution in [3.05, 3.63) is 17.2 Å². The van der Waals surface area contributed by atoms with Crippen molar-refractivity contribution in [2.75, 3.05) is 39.8 Å². The number of ether oxygens (including phenoxy) is 3. The summed E-state index contributed by atoms with van der Waals surface area (Å²) < 4.78 is 15.2. The van der Waals surface area contributed by atoms with Gasteiger partial charge < -0.3 is 24.8 Å². The summed E-state index contributed by atoms with van der Waals surface area (Å²) in [5, 5.41) is 5.72. The average Bonchev–Trinajstić information content (AvgIpc) is 2.45. The van der Waals surface area contributed by atoms with Crippen LogP contribution in [0.1, 0.15) is 6.42 Å². The summed E-state index contributed by atoms with van der Waals surface area (Å²) in [6.45, 7) is 1.11. The Morgan fingerprint density at radius 3 is 2.45 bits per heavy atom. The lowest BCUT2D eigenvalue weighted by atomic mass is 10.2. The molecular weight excluding hydrogens is 284 g/mol. The Morgan fingerprint density at radius 2 is 1.85 bits per heavy atom. The van der Waals surface area contributed by atoms with Crippen LogP contribution in [0.4, 0.5) is 10.5 Å². The van der Waals surface area contributed by atoms with E-state index in [0.717, 1.165) is 6.42 Å². The molecular formula is C13H19ClN2O4. The summed E-state index contributed by atoms with van der Waals surface area (Å²) in [5.41, 5.74) is 0.452. The molecule has 0 unspecified atom stereocenters. The maximum atomic E-state index is 11.7. The number of methoxy groups -OCH3 is 3. The third-order valence-electron chi connectivity index (χ3n) is 2.53. The molecule has 1 aromatic carbocycles. The van der Waals surface area contributed by atoms with Gasteiger partial charge in [-0.15, -0.1) is 0 Å². The van der Waals surface area contributed by atoms with Gasteiger partial charge in [0.2, 0.25) is 0 Å². The molecule has 1 aromatic rings. The van der Waals surface area contributed by atoms with E-state index in [1.54, 1.807) is 19.2 Å². The first-order chi connectivity index (χ1) is 9.62. The fourth-order valence-electron chi connectivity index (χ4n) is 1.53. The zero-order valence-electron chi connectivity index (χ0n) is 11.8. The van der Waals surface area contributed by atoms with Gasteiger partial charge in [-0.3, -0.25) is 0 Å². The van der Waals surface area contributed by atoms with E-state index in [-0.39, 0.29) is 6.03 Å². The van der Waals surface area contributed by atoms with Gasteiger partial charge in [-0.1, -0.05) is 11.6 Å². The van der Waals surface area contributed by atoms with E-state index >= 15 is 0 Å². The number of hydrogen-bond donors (Lipinski definition) is 2. The number of halogens is 1. The normalized spacial score (nSPS) is 10.0. The van der Waals surface area contributed by atoms with Crippen molar-refractivity contribution in [1.82, 2.24) is 5.32 Å². The number of carbonyl (C=O) groups is 1. The zero-order chi connectivity index (χ0) is 15.0. The molecule has 0 aliphatic heterocycles. The summed E-state index contributed by atoms with van der Waals surface area (Å²) in [6, 6.07) is 2.85. The topological polar surface area (TPSA) is 68.8 Å². The van der Waals surface area contributed by atoms with Gasteiger partial charge in [0.1, 0.15) is 0 Å².